The van der Waals surface area contributed by atoms with Crippen LogP contribution in [0.4, 0.5) is 0 Å². The third-order valence-electron chi connectivity index (χ3n) is 3.60. The van der Waals surface area contributed by atoms with Crippen LogP contribution < -0.4 is 17.0 Å². The average Bonchev–Trinajstić information content (AvgIpc) is 2.65. The summed E-state index contributed by atoms with van der Waals surface area (Å²) < 4.78 is 10.8. The number of benzene rings is 1. The summed E-state index contributed by atoms with van der Waals surface area (Å²) in [6.45, 7) is 9.39. The Bertz CT molecular complexity index is 666. The van der Waals surface area contributed by atoms with Crippen LogP contribution in [0.25, 0.3) is 0 Å². The lowest BCUT2D eigenvalue weighted by Gasteiger charge is -2.21. The zero-order valence-electron chi connectivity index (χ0n) is 15.1. The Labute approximate surface area is 154 Å². The monoisotopic (exact) mass is 357 g/mol. The molecule has 26 heavy (non-hydrogen) atoms. The van der Waals surface area contributed by atoms with Crippen molar-refractivity contribution in [3.8, 4) is 0 Å². The largest absolute Gasteiger partial charge is 0.469 e. The lowest BCUT2D eigenvalue weighted by molar-refractivity contribution is -0.139. The number of rotatable bonds is 11. The van der Waals surface area contributed by atoms with Crippen molar-refractivity contribution in [3.05, 3.63) is 84.4 Å². The quantitative estimate of drug-likeness (QED) is 0.141. The number of esters is 1. The second-order valence-corrected chi connectivity index (χ2v) is 5.34. The van der Waals surface area contributed by atoms with Crippen molar-refractivity contribution in [2.75, 3.05) is 6.61 Å². The molecule has 1 rings (SSSR count). The normalized spacial score (nSPS) is 13.2. The van der Waals surface area contributed by atoms with Gasteiger partial charge in [-0.1, -0.05) is 61.7 Å². The van der Waals surface area contributed by atoms with Gasteiger partial charge in [-0.3, -0.25) is 5.84 Å². The fourth-order valence-corrected chi connectivity index (χ4v) is 2.31. The minimum absolute atomic E-state index is 0.113. The van der Waals surface area contributed by atoms with E-state index >= 15 is 0 Å². The Morgan fingerprint density at radius 2 is 2.00 bits per heavy atom. The Kier molecular flexibility index (Phi) is 9.35. The molecule has 1 atom stereocenters. The molecule has 0 saturated carbocycles. The minimum atomic E-state index is -0.669. The fourth-order valence-electron chi connectivity index (χ4n) is 2.31. The molecule has 0 radical (unpaired) electrons. The Morgan fingerprint density at radius 3 is 2.54 bits per heavy atom. The molecule has 0 heterocycles. The van der Waals surface area contributed by atoms with Crippen molar-refractivity contribution in [1.82, 2.24) is 5.43 Å². The van der Waals surface area contributed by atoms with Gasteiger partial charge in [-0.15, -0.1) is 0 Å². The molecule has 0 fully saturated rings. The van der Waals surface area contributed by atoms with Crippen LogP contribution in [0.2, 0.25) is 0 Å². The van der Waals surface area contributed by atoms with E-state index in [2.05, 4.69) is 18.6 Å². The second-order valence-electron chi connectivity index (χ2n) is 5.34. The molecule has 140 valence electrons. The van der Waals surface area contributed by atoms with Gasteiger partial charge in [0.05, 0.1) is 6.61 Å². The molecule has 0 amide bonds. The summed E-state index contributed by atoms with van der Waals surface area (Å²) in [4.78, 5) is 11.9. The molecule has 1 aromatic rings. The van der Waals surface area contributed by atoms with Gasteiger partial charge >= 0.3 is 5.97 Å². The highest BCUT2D eigenvalue weighted by atomic mass is 16.5. The van der Waals surface area contributed by atoms with E-state index < -0.39 is 5.97 Å². The molecule has 0 aliphatic carbocycles. The molecule has 0 aliphatic rings. The summed E-state index contributed by atoms with van der Waals surface area (Å²) in [6.07, 6.45) is 6.32. The number of allylic oxidation sites excluding steroid dienone is 4. The number of hydrogen-bond acceptors (Lipinski definition) is 6. The first-order chi connectivity index (χ1) is 12.6. The van der Waals surface area contributed by atoms with Crippen LogP contribution in [-0.4, -0.2) is 12.6 Å². The van der Waals surface area contributed by atoms with Gasteiger partial charge < -0.3 is 20.6 Å². The van der Waals surface area contributed by atoms with E-state index in [0.717, 1.165) is 11.1 Å². The number of nitrogens with two attached hydrogens (primary N) is 2. The number of hydrogen-bond donors (Lipinski definition) is 3. The predicted octanol–water partition coefficient (Wildman–Crippen LogP) is 2.98. The molecule has 0 spiro atoms. The Balaban J connectivity index is 3.05. The van der Waals surface area contributed by atoms with Gasteiger partial charge in [0, 0.05) is 0 Å². The third kappa shape index (κ3) is 6.49. The molecule has 0 bridgehead atoms. The van der Waals surface area contributed by atoms with Crippen molar-refractivity contribution in [3.63, 3.8) is 0 Å². The van der Waals surface area contributed by atoms with Gasteiger partial charge in [0.25, 0.3) is 0 Å². The van der Waals surface area contributed by atoms with E-state index in [4.69, 9.17) is 21.1 Å². The lowest BCUT2D eigenvalue weighted by Crippen LogP contribution is -2.32. The standard InChI is InChI=1S/C20H27N3O3/c1-4-10-15(5-2)13-14-17(16-11-8-7-9-12-16)26-19(21)18(23-22)20(24)25-6-3/h4-5,7-12,17,23H,1-2,6,13-14,21-22H2,3H3/b15-10+,19-18+. The van der Waals surface area contributed by atoms with Gasteiger partial charge in [0.2, 0.25) is 5.88 Å². The maximum absolute atomic E-state index is 11.9. The second kappa shape index (κ2) is 11.5. The summed E-state index contributed by atoms with van der Waals surface area (Å²) in [7, 11) is 0. The van der Waals surface area contributed by atoms with Crippen LogP contribution in [0.1, 0.15) is 31.4 Å². The highest BCUT2D eigenvalue weighted by Crippen LogP contribution is 2.27. The van der Waals surface area contributed by atoms with E-state index in [-0.39, 0.29) is 24.3 Å². The molecular formula is C20H27N3O3. The molecule has 1 unspecified atom stereocenters. The van der Waals surface area contributed by atoms with Gasteiger partial charge in [-0.25, -0.2) is 4.79 Å². The first-order valence-electron chi connectivity index (χ1n) is 8.36. The molecule has 0 aliphatic heterocycles. The first kappa shape index (κ1) is 21.1. The number of ether oxygens (including phenoxy) is 2. The summed E-state index contributed by atoms with van der Waals surface area (Å²) >= 11 is 0. The van der Waals surface area contributed by atoms with Crippen molar-refractivity contribution < 1.29 is 14.3 Å². The van der Waals surface area contributed by atoms with Gasteiger partial charge in [-0.05, 0) is 30.9 Å². The van der Waals surface area contributed by atoms with E-state index in [9.17, 15) is 4.79 Å². The SMILES string of the molecule is C=C/C=C(\C=C)CCC(O/C(N)=C(/NN)C(=O)OCC)c1ccccc1. The zero-order chi connectivity index (χ0) is 19.4. The van der Waals surface area contributed by atoms with Crippen LogP contribution in [-0.2, 0) is 14.3 Å². The minimum Gasteiger partial charge on any atom is -0.469 e. The number of hydrazine groups is 1. The Hall–Kier alpha value is -2.99. The summed E-state index contributed by atoms with van der Waals surface area (Å²) in [6, 6.07) is 9.60. The van der Waals surface area contributed by atoms with Crippen LogP contribution in [0, 0.1) is 0 Å². The molecule has 1 aromatic carbocycles. The number of carbonyl (C=O) groups is 1. The average molecular weight is 357 g/mol. The molecule has 0 saturated heterocycles. The fraction of sp³-hybridized carbons (Fsp3) is 0.250. The summed E-state index contributed by atoms with van der Waals surface area (Å²) in [5.74, 6) is 4.61. The van der Waals surface area contributed by atoms with Crippen LogP contribution in [0.5, 0.6) is 0 Å². The van der Waals surface area contributed by atoms with Gasteiger partial charge in [0.1, 0.15) is 6.10 Å². The van der Waals surface area contributed by atoms with Crippen LogP contribution in [0.15, 0.2) is 78.9 Å². The third-order valence-corrected chi connectivity index (χ3v) is 3.60. The van der Waals surface area contributed by atoms with E-state index in [1.807, 2.05) is 36.4 Å². The highest BCUT2D eigenvalue weighted by Gasteiger charge is 2.20. The van der Waals surface area contributed by atoms with Crippen LogP contribution >= 0.6 is 0 Å². The van der Waals surface area contributed by atoms with E-state index in [1.54, 1.807) is 19.1 Å². The summed E-state index contributed by atoms with van der Waals surface area (Å²) in [5.41, 5.74) is 10.1. The molecule has 5 N–H and O–H groups in total. The molecular weight excluding hydrogens is 330 g/mol. The highest BCUT2D eigenvalue weighted by molar-refractivity contribution is 5.88. The molecule has 0 aromatic heterocycles. The van der Waals surface area contributed by atoms with Crippen LogP contribution in [0.3, 0.4) is 0 Å². The predicted molar refractivity (Wildman–Crippen MR) is 103 cm³/mol. The van der Waals surface area contributed by atoms with Crippen molar-refractivity contribution in [1.29, 1.82) is 0 Å². The van der Waals surface area contributed by atoms with Crippen molar-refractivity contribution >= 4 is 5.97 Å². The topological polar surface area (TPSA) is 99.6 Å². The zero-order valence-corrected chi connectivity index (χ0v) is 15.1. The maximum Gasteiger partial charge on any atom is 0.361 e. The molecule has 6 nitrogen and oxygen atoms in total. The number of carbonyl (C=O) groups excluding carboxylic acids is 1. The maximum atomic E-state index is 11.9. The van der Waals surface area contributed by atoms with E-state index in [0.29, 0.717) is 12.8 Å². The van der Waals surface area contributed by atoms with E-state index in [1.165, 1.54) is 0 Å². The van der Waals surface area contributed by atoms with Crippen molar-refractivity contribution in [2.45, 2.75) is 25.9 Å². The van der Waals surface area contributed by atoms with Gasteiger partial charge in [0.15, 0.2) is 5.70 Å². The van der Waals surface area contributed by atoms with Gasteiger partial charge in [-0.2, -0.15) is 0 Å². The lowest BCUT2D eigenvalue weighted by atomic mass is 10.0. The van der Waals surface area contributed by atoms with Crippen molar-refractivity contribution in [2.24, 2.45) is 11.6 Å². The smallest absolute Gasteiger partial charge is 0.361 e. The first-order valence-corrected chi connectivity index (χ1v) is 8.36. The molecule has 6 heteroatoms. The summed E-state index contributed by atoms with van der Waals surface area (Å²) in [5, 5.41) is 0. The number of nitrogens with one attached hydrogen (secondary N) is 1. The Morgan fingerprint density at radius 1 is 1.31 bits per heavy atom.